The van der Waals surface area contributed by atoms with E-state index in [1.54, 1.807) is 0 Å². The van der Waals surface area contributed by atoms with Crippen LogP contribution in [0.1, 0.15) is 45.6 Å². The predicted octanol–water partition coefficient (Wildman–Crippen LogP) is 1.24. The van der Waals surface area contributed by atoms with Crippen molar-refractivity contribution in [1.82, 2.24) is 59.1 Å². The molecule has 1 aliphatic heterocycles. The molecule has 0 radical (unpaired) electrons. The van der Waals surface area contributed by atoms with E-state index in [0.29, 0.717) is 0 Å². The van der Waals surface area contributed by atoms with Crippen molar-refractivity contribution < 1.29 is 0 Å². The summed E-state index contributed by atoms with van der Waals surface area (Å²) in [6.07, 6.45) is 7.84. The molecule has 0 aromatic carbocycles. The van der Waals surface area contributed by atoms with Gasteiger partial charge in [0.1, 0.15) is 0 Å². The summed E-state index contributed by atoms with van der Waals surface area (Å²) in [4.78, 5) is 15.0. The highest BCUT2D eigenvalue weighted by Gasteiger charge is 2.20. The van der Waals surface area contributed by atoms with Gasteiger partial charge in [0, 0.05) is 75.3 Å². The monoisotopic (exact) mass is 632 g/mol. The van der Waals surface area contributed by atoms with Gasteiger partial charge in [-0.05, 0) is 72.8 Å². The molecule has 4 N–H and O–H groups in total. The van der Waals surface area contributed by atoms with Gasteiger partial charge in [0.15, 0.2) is 0 Å². The van der Waals surface area contributed by atoms with E-state index in [0.717, 1.165) is 89.2 Å². The van der Waals surface area contributed by atoms with Gasteiger partial charge in [-0.15, -0.1) is 0 Å². The van der Waals surface area contributed by atoms with Crippen LogP contribution in [0.25, 0.3) is 22.3 Å². The molecule has 0 saturated heterocycles. The average molecular weight is 633 g/mol. The van der Waals surface area contributed by atoms with Gasteiger partial charge in [-0.3, -0.25) is 18.7 Å². The minimum atomic E-state index is 0.845. The van der Waals surface area contributed by atoms with Crippen LogP contribution in [0.2, 0.25) is 0 Å². The molecule has 0 amide bonds. The molecule has 0 saturated carbocycles. The number of rotatable bonds is 4. The maximum atomic E-state index is 4.82. The van der Waals surface area contributed by atoms with Crippen LogP contribution in [-0.2, 0) is 28.2 Å². The first-order valence-electron chi connectivity index (χ1n) is 15.6. The molecule has 0 aliphatic carbocycles. The summed E-state index contributed by atoms with van der Waals surface area (Å²) in [5, 5.41) is 23.0. The Bertz CT molecular complexity index is 2370. The smallest absolute Gasteiger partial charge is 0.0964 e. The highest BCUT2D eigenvalue weighted by Crippen LogP contribution is 2.26. The molecule has 9 heterocycles. The molecule has 12 nitrogen and oxygen atoms in total. The van der Waals surface area contributed by atoms with Gasteiger partial charge in [0.2, 0.25) is 0 Å². The lowest BCUT2D eigenvalue weighted by molar-refractivity contribution is 0.762. The molecular formula is C36H32N12. The number of hydrogen-bond acceptors (Lipinski definition) is 4. The van der Waals surface area contributed by atoms with Crippen LogP contribution >= 0.6 is 0 Å². The summed E-state index contributed by atoms with van der Waals surface area (Å²) in [5.74, 6) is 0. The first kappa shape index (κ1) is 27.7. The van der Waals surface area contributed by atoms with E-state index in [9.17, 15) is 0 Å². The lowest BCUT2D eigenvalue weighted by atomic mass is 10.1. The van der Waals surface area contributed by atoms with E-state index < -0.39 is 0 Å². The van der Waals surface area contributed by atoms with E-state index in [2.05, 4.69) is 68.5 Å². The van der Waals surface area contributed by atoms with Gasteiger partial charge in [0.25, 0.3) is 0 Å². The molecule has 0 fully saturated rings. The van der Waals surface area contributed by atoms with E-state index in [-0.39, 0.29) is 0 Å². The first-order chi connectivity index (χ1) is 23.4. The summed E-state index contributed by atoms with van der Waals surface area (Å²) in [6, 6.07) is 25.0. The molecule has 9 rings (SSSR count). The van der Waals surface area contributed by atoms with Crippen LogP contribution in [0.4, 0.5) is 0 Å². The zero-order valence-electron chi connectivity index (χ0n) is 26.8. The van der Waals surface area contributed by atoms with E-state index in [1.807, 2.05) is 96.0 Å². The predicted molar refractivity (Wildman–Crippen MR) is 181 cm³/mol. The molecule has 8 bridgehead atoms. The molecule has 1 aliphatic rings. The second-order valence-electron chi connectivity index (χ2n) is 12.1. The lowest BCUT2D eigenvalue weighted by Crippen LogP contribution is -2.19. The van der Waals surface area contributed by atoms with Crippen molar-refractivity contribution in [3.05, 3.63) is 165 Å². The summed E-state index contributed by atoms with van der Waals surface area (Å²) < 4.78 is 7.29. The molecule has 8 aromatic rings. The Labute approximate surface area is 273 Å². The Balaban J connectivity index is 1.44. The van der Waals surface area contributed by atoms with Gasteiger partial charge in [-0.1, -0.05) is 0 Å². The number of hydrogen-bond donors (Lipinski definition) is 4. The van der Waals surface area contributed by atoms with Crippen molar-refractivity contribution in [3.8, 4) is 0 Å². The fourth-order valence-electron chi connectivity index (χ4n) is 6.62. The number of nitrogens with one attached hydrogen (secondary N) is 4. The quantitative estimate of drug-likeness (QED) is 0.232. The summed E-state index contributed by atoms with van der Waals surface area (Å²) in [6.45, 7) is 0. The number of nitrogens with zero attached hydrogens (tertiary/aromatic N) is 8. The van der Waals surface area contributed by atoms with Crippen LogP contribution in [0, 0.1) is 0 Å². The molecule has 8 aromatic heterocycles. The van der Waals surface area contributed by atoms with E-state index >= 15 is 0 Å². The molecule has 236 valence electrons. The minimum Gasteiger partial charge on any atom is -0.354 e. The summed E-state index contributed by atoms with van der Waals surface area (Å²) >= 11 is 0. The Kier molecular flexibility index (Phi) is 6.06. The van der Waals surface area contributed by atoms with Crippen molar-refractivity contribution in [1.29, 1.82) is 0 Å². The zero-order valence-corrected chi connectivity index (χ0v) is 26.8. The fraction of sp³-hybridized carbons (Fsp3) is 0.111. The Morgan fingerprint density at radius 3 is 0.792 bits per heavy atom. The van der Waals surface area contributed by atoms with Crippen LogP contribution in [0.3, 0.4) is 0 Å². The Morgan fingerprint density at radius 2 is 0.583 bits per heavy atom. The SMILES string of the molecule is Cn1ccc(C2=c3ccc([nH]3)=C(c3ccn(C)n3)c3ccc([nH]3)C(c3ccn(C)n3)=c3ccc([nH]3)=C(c3ccn(C)n3)c3ccc2[nH]3)n1. The largest absolute Gasteiger partial charge is 0.354 e. The second kappa shape index (κ2) is 10.5. The molecule has 12 heteroatoms. The van der Waals surface area contributed by atoms with Gasteiger partial charge < -0.3 is 19.9 Å². The van der Waals surface area contributed by atoms with Crippen LogP contribution in [-0.4, -0.2) is 59.1 Å². The maximum absolute atomic E-state index is 4.82. The highest BCUT2D eigenvalue weighted by atomic mass is 15.3. The molecular weight excluding hydrogens is 600 g/mol. The molecule has 0 spiro atoms. The maximum Gasteiger partial charge on any atom is 0.0964 e. The number of aryl methyl sites for hydroxylation is 4. The summed E-state index contributed by atoms with van der Waals surface area (Å²) in [5.41, 5.74) is 10.9. The highest BCUT2D eigenvalue weighted by molar-refractivity contribution is 5.82. The van der Waals surface area contributed by atoms with E-state index in [4.69, 9.17) is 20.4 Å². The third kappa shape index (κ3) is 4.53. The van der Waals surface area contributed by atoms with Crippen molar-refractivity contribution in [2.45, 2.75) is 0 Å². The summed E-state index contributed by atoms with van der Waals surface area (Å²) in [7, 11) is 7.73. The lowest BCUT2D eigenvalue weighted by Gasteiger charge is -2.06. The molecule has 0 unspecified atom stereocenters. The third-order valence-electron chi connectivity index (χ3n) is 8.78. The fourth-order valence-corrected chi connectivity index (χ4v) is 6.62. The zero-order chi connectivity index (χ0) is 32.5. The van der Waals surface area contributed by atoms with Crippen molar-refractivity contribution in [2.75, 3.05) is 0 Å². The van der Waals surface area contributed by atoms with E-state index in [1.165, 1.54) is 0 Å². The van der Waals surface area contributed by atoms with Gasteiger partial charge >= 0.3 is 0 Å². The van der Waals surface area contributed by atoms with Crippen molar-refractivity contribution >= 4 is 22.3 Å². The Morgan fingerprint density at radius 1 is 0.333 bits per heavy atom. The third-order valence-corrected chi connectivity index (χ3v) is 8.78. The number of fused-ring (bicyclic) bond motifs is 8. The minimum absolute atomic E-state index is 0.845. The van der Waals surface area contributed by atoms with Crippen LogP contribution in [0.15, 0.2) is 97.6 Å². The van der Waals surface area contributed by atoms with Gasteiger partial charge in [-0.2, -0.15) is 20.4 Å². The normalized spacial score (nSPS) is 13.2. The van der Waals surface area contributed by atoms with Crippen molar-refractivity contribution in [3.63, 3.8) is 0 Å². The average Bonchev–Trinajstić information content (AvgIpc) is 3.89. The van der Waals surface area contributed by atoms with Crippen molar-refractivity contribution in [2.24, 2.45) is 28.2 Å². The van der Waals surface area contributed by atoms with Gasteiger partial charge in [0.05, 0.1) is 66.9 Å². The van der Waals surface area contributed by atoms with Crippen LogP contribution in [0.5, 0.6) is 0 Å². The molecule has 48 heavy (non-hydrogen) atoms. The number of H-pyrrole nitrogens is 4. The number of aromatic nitrogens is 12. The Hall–Kier alpha value is -6.56. The molecule has 0 atom stereocenters. The van der Waals surface area contributed by atoms with Gasteiger partial charge in [-0.25, -0.2) is 0 Å². The number of aromatic amines is 4. The second-order valence-corrected chi connectivity index (χ2v) is 12.1. The standard InChI is InChI=1S/C36H32N12/c1-45-17-13-29(41-45)33-21-5-7-23(37-21)34(30-14-18-46(2)42-30)25-9-11-27(39-25)36(32-16-20-48(4)44-32)28-12-10-26(40-28)35(24-8-6-22(33)38-24)31-15-19-47(3)43-31/h5-20,37-40H,1-4H3. The van der Waals surface area contributed by atoms with Crippen LogP contribution < -0.4 is 21.4 Å². The topological polar surface area (TPSA) is 134 Å². The first-order valence-corrected chi connectivity index (χ1v) is 15.6.